The molecule has 0 radical (unpaired) electrons. The molecule has 0 aliphatic carbocycles. The molecule has 1 aromatic rings. The molecule has 0 aliphatic rings. The van der Waals surface area contributed by atoms with E-state index in [2.05, 4.69) is 19.2 Å². The second-order valence-corrected chi connectivity index (χ2v) is 4.62. The van der Waals surface area contributed by atoms with Crippen LogP contribution in [0.3, 0.4) is 0 Å². The molecule has 16 heavy (non-hydrogen) atoms. The average molecular weight is 223 g/mol. The number of ether oxygens (including phenoxy) is 1. The van der Waals surface area contributed by atoms with Gasteiger partial charge in [0.15, 0.2) is 0 Å². The number of aliphatic hydroxyl groups excluding tert-OH is 1. The Morgan fingerprint density at radius 3 is 2.44 bits per heavy atom. The fourth-order valence-electron chi connectivity index (χ4n) is 1.59. The van der Waals surface area contributed by atoms with Crippen LogP contribution in [0, 0.1) is 0 Å². The Labute approximate surface area is 97.4 Å². The highest BCUT2D eigenvalue weighted by Crippen LogP contribution is 2.12. The van der Waals surface area contributed by atoms with Gasteiger partial charge in [-0.2, -0.15) is 0 Å². The molecule has 0 aliphatic heterocycles. The van der Waals surface area contributed by atoms with E-state index in [1.54, 1.807) is 0 Å². The van der Waals surface area contributed by atoms with Crippen LogP contribution >= 0.6 is 0 Å². The Morgan fingerprint density at radius 1 is 1.31 bits per heavy atom. The number of rotatable bonds is 6. The fraction of sp³-hybridized carbons (Fsp3) is 0.538. The van der Waals surface area contributed by atoms with Gasteiger partial charge in [-0.05, 0) is 19.1 Å². The van der Waals surface area contributed by atoms with Crippen molar-refractivity contribution in [3.05, 3.63) is 30.3 Å². The molecule has 90 valence electrons. The van der Waals surface area contributed by atoms with Crippen molar-refractivity contribution >= 4 is 0 Å². The molecular weight excluding hydrogens is 202 g/mol. The second-order valence-electron chi connectivity index (χ2n) is 4.62. The lowest BCUT2D eigenvalue weighted by Crippen LogP contribution is -2.53. The van der Waals surface area contributed by atoms with Crippen molar-refractivity contribution in [2.75, 3.05) is 13.2 Å². The van der Waals surface area contributed by atoms with Gasteiger partial charge in [0.25, 0.3) is 0 Å². The number of para-hydroxylation sites is 1. The van der Waals surface area contributed by atoms with Crippen molar-refractivity contribution in [2.45, 2.75) is 32.4 Å². The summed E-state index contributed by atoms with van der Waals surface area (Å²) < 4.78 is 5.64. The van der Waals surface area contributed by atoms with Crippen molar-refractivity contribution in [1.29, 1.82) is 0 Å². The Kier molecular flexibility index (Phi) is 4.77. The second kappa shape index (κ2) is 5.87. The summed E-state index contributed by atoms with van der Waals surface area (Å²) in [5.74, 6) is 0.827. The SMILES string of the molecule is CC(C)NC(C)(CO)COc1ccccc1. The topological polar surface area (TPSA) is 41.5 Å². The van der Waals surface area contributed by atoms with Gasteiger partial charge in [0, 0.05) is 6.04 Å². The number of aliphatic hydroxyl groups is 1. The molecule has 0 bridgehead atoms. The van der Waals surface area contributed by atoms with Crippen LogP contribution in [0.15, 0.2) is 30.3 Å². The first kappa shape index (κ1) is 13.0. The van der Waals surface area contributed by atoms with Crippen molar-refractivity contribution in [3.8, 4) is 5.75 Å². The highest BCUT2D eigenvalue weighted by Gasteiger charge is 2.24. The van der Waals surface area contributed by atoms with Crippen LogP contribution in [0.1, 0.15) is 20.8 Å². The van der Waals surface area contributed by atoms with Gasteiger partial charge >= 0.3 is 0 Å². The summed E-state index contributed by atoms with van der Waals surface area (Å²) in [7, 11) is 0. The molecule has 1 atom stereocenters. The van der Waals surface area contributed by atoms with E-state index in [0.717, 1.165) is 5.75 Å². The summed E-state index contributed by atoms with van der Waals surface area (Å²) >= 11 is 0. The first-order valence-electron chi connectivity index (χ1n) is 5.62. The van der Waals surface area contributed by atoms with Crippen molar-refractivity contribution in [2.24, 2.45) is 0 Å². The van der Waals surface area contributed by atoms with Crippen molar-refractivity contribution in [1.82, 2.24) is 5.32 Å². The van der Waals surface area contributed by atoms with Crippen LogP contribution in [0.2, 0.25) is 0 Å². The maximum Gasteiger partial charge on any atom is 0.119 e. The van der Waals surface area contributed by atoms with Gasteiger partial charge < -0.3 is 15.2 Å². The normalized spacial score (nSPS) is 14.8. The first-order valence-corrected chi connectivity index (χ1v) is 5.62. The zero-order chi connectivity index (χ0) is 12.0. The van der Waals surface area contributed by atoms with Crippen LogP contribution in [-0.4, -0.2) is 29.9 Å². The van der Waals surface area contributed by atoms with Crippen molar-refractivity contribution < 1.29 is 9.84 Å². The number of hydrogen-bond donors (Lipinski definition) is 2. The number of hydrogen-bond acceptors (Lipinski definition) is 3. The van der Waals surface area contributed by atoms with Gasteiger partial charge in [0.1, 0.15) is 12.4 Å². The molecule has 1 unspecified atom stereocenters. The summed E-state index contributed by atoms with van der Waals surface area (Å²) in [4.78, 5) is 0. The monoisotopic (exact) mass is 223 g/mol. The maximum atomic E-state index is 9.37. The van der Waals surface area contributed by atoms with Gasteiger partial charge in [0.2, 0.25) is 0 Å². The maximum absolute atomic E-state index is 9.37. The lowest BCUT2D eigenvalue weighted by atomic mass is 10.0. The molecule has 0 fully saturated rings. The summed E-state index contributed by atoms with van der Waals surface area (Å²) in [5, 5.41) is 12.7. The predicted octanol–water partition coefficient (Wildman–Crippen LogP) is 1.81. The largest absolute Gasteiger partial charge is 0.492 e. The molecule has 0 aromatic heterocycles. The van der Waals surface area contributed by atoms with E-state index >= 15 is 0 Å². The van der Waals surface area contributed by atoms with Crippen LogP contribution in [0.25, 0.3) is 0 Å². The van der Waals surface area contributed by atoms with E-state index in [4.69, 9.17) is 4.74 Å². The molecule has 3 heteroatoms. The molecule has 0 amide bonds. The third-order valence-corrected chi connectivity index (χ3v) is 2.29. The summed E-state index contributed by atoms with van der Waals surface area (Å²) in [6.45, 7) is 6.56. The molecule has 1 rings (SSSR count). The van der Waals surface area contributed by atoms with Crippen molar-refractivity contribution in [3.63, 3.8) is 0 Å². The highest BCUT2D eigenvalue weighted by atomic mass is 16.5. The Bertz CT molecular complexity index is 300. The Hall–Kier alpha value is -1.06. The van der Waals surface area contributed by atoms with E-state index in [9.17, 15) is 5.11 Å². The van der Waals surface area contributed by atoms with E-state index in [1.165, 1.54) is 0 Å². The highest BCUT2D eigenvalue weighted by molar-refractivity contribution is 5.21. The van der Waals surface area contributed by atoms with Crippen LogP contribution in [-0.2, 0) is 0 Å². The number of nitrogens with one attached hydrogen (secondary N) is 1. The minimum Gasteiger partial charge on any atom is -0.492 e. The van der Waals surface area contributed by atoms with Gasteiger partial charge in [-0.25, -0.2) is 0 Å². The molecular formula is C13H21NO2. The van der Waals surface area contributed by atoms with Gasteiger partial charge in [-0.3, -0.25) is 0 Å². The van der Waals surface area contributed by atoms with Crippen LogP contribution < -0.4 is 10.1 Å². The minimum atomic E-state index is -0.399. The predicted molar refractivity (Wildman–Crippen MR) is 65.7 cm³/mol. The zero-order valence-corrected chi connectivity index (χ0v) is 10.2. The van der Waals surface area contributed by atoms with E-state index < -0.39 is 5.54 Å². The molecule has 2 N–H and O–H groups in total. The summed E-state index contributed by atoms with van der Waals surface area (Å²) in [5.41, 5.74) is -0.399. The van der Waals surface area contributed by atoms with E-state index in [0.29, 0.717) is 12.6 Å². The lowest BCUT2D eigenvalue weighted by Gasteiger charge is -2.30. The molecule has 0 saturated heterocycles. The quantitative estimate of drug-likeness (QED) is 0.773. The minimum absolute atomic E-state index is 0.0536. The Balaban J connectivity index is 2.51. The van der Waals surface area contributed by atoms with Crippen LogP contribution in [0.5, 0.6) is 5.75 Å². The smallest absolute Gasteiger partial charge is 0.119 e. The summed E-state index contributed by atoms with van der Waals surface area (Å²) in [6.07, 6.45) is 0. The lowest BCUT2D eigenvalue weighted by molar-refractivity contribution is 0.109. The third kappa shape index (κ3) is 4.21. The fourth-order valence-corrected chi connectivity index (χ4v) is 1.59. The van der Waals surface area contributed by atoms with Gasteiger partial charge in [0.05, 0.1) is 12.1 Å². The zero-order valence-electron chi connectivity index (χ0n) is 10.2. The van der Waals surface area contributed by atoms with E-state index in [-0.39, 0.29) is 6.61 Å². The number of benzene rings is 1. The molecule has 0 spiro atoms. The summed E-state index contributed by atoms with van der Waals surface area (Å²) in [6, 6.07) is 9.95. The van der Waals surface area contributed by atoms with Gasteiger partial charge in [-0.15, -0.1) is 0 Å². The van der Waals surface area contributed by atoms with Gasteiger partial charge in [-0.1, -0.05) is 32.0 Å². The third-order valence-electron chi connectivity index (χ3n) is 2.29. The molecule has 0 heterocycles. The van der Waals surface area contributed by atoms with Crippen LogP contribution in [0.4, 0.5) is 0 Å². The average Bonchev–Trinajstić information content (AvgIpc) is 2.27. The standard InChI is InChI=1S/C13H21NO2/c1-11(2)14-13(3,9-15)10-16-12-7-5-4-6-8-12/h4-8,11,14-15H,9-10H2,1-3H3. The molecule has 1 aromatic carbocycles. The first-order chi connectivity index (χ1) is 7.56. The van der Waals surface area contributed by atoms with E-state index in [1.807, 2.05) is 37.3 Å². The molecule has 3 nitrogen and oxygen atoms in total. The Morgan fingerprint density at radius 2 is 1.94 bits per heavy atom. The molecule has 0 saturated carbocycles.